The van der Waals surface area contributed by atoms with Crippen LogP contribution in [-0.4, -0.2) is 53.6 Å². The monoisotopic (exact) mass is 544 g/mol. The highest BCUT2D eigenvalue weighted by Gasteiger charge is 2.52. The zero-order chi connectivity index (χ0) is 26.1. The lowest BCUT2D eigenvalue weighted by Crippen LogP contribution is -2.64. The Morgan fingerprint density at radius 2 is 1.73 bits per heavy atom. The molecule has 3 aromatic carbocycles. The van der Waals surface area contributed by atoms with Crippen molar-refractivity contribution in [2.75, 3.05) is 6.54 Å². The summed E-state index contributed by atoms with van der Waals surface area (Å²) >= 11 is 0. The van der Waals surface area contributed by atoms with E-state index in [0.29, 0.717) is 29.4 Å². The van der Waals surface area contributed by atoms with Gasteiger partial charge in [0.25, 0.3) is 5.91 Å². The van der Waals surface area contributed by atoms with E-state index in [0.717, 1.165) is 10.3 Å². The average Bonchev–Trinajstić information content (AvgIpc) is 2.87. The van der Waals surface area contributed by atoms with Gasteiger partial charge in [-0.05, 0) is 53.8 Å². The highest BCUT2D eigenvalue weighted by atomic mass is 35.5. The van der Waals surface area contributed by atoms with E-state index in [1.165, 1.54) is 18.2 Å². The molecular weight excluding hydrogens is 516 g/mol. The molecule has 0 bridgehead atoms. The first kappa shape index (κ1) is 28.1. The summed E-state index contributed by atoms with van der Waals surface area (Å²) in [6.45, 7) is 0.0927. The fourth-order valence-corrected chi connectivity index (χ4v) is 6.31. The lowest BCUT2D eigenvalue weighted by Gasteiger charge is -2.39. The maximum absolute atomic E-state index is 14.1. The molecule has 0 aliphatic carbocycles. The van der Waals surface area contributed by atoms with Gasteiger partial charge in [0.1, 0.15) is 11.9 Å². The number of hydrogen-bond acceptors (Lipinski definition) is 6. The number of rotatable bonds is 7. The SMILES string of the molecule is Cl.N=C(N)c1cccc(C[C@](N)(C(=O)N2CCCCC2C(=O)O)S(=O)(=O)c2ccc3ccccc3c2)c1. The van der Waals surface area contributed by atoms with Gasteiger partial charge in [-0.3, -0.25) is 10.2 Å². The third kappa shape index (κ3) is 5.31. The summed E-state index contributed by atoms with van der Waals surface area (Å²) in [5, 5.41) is 18.9. The Hall–Kier alpha value is -3.47. The lowest BCUT2D eigenvalue weighted by atomic mass is 9.98. The van der Waals surface area contributed by atoms with Gasteiger partial charge in [0.15, 0.2) is 0 Å². The number of carboxylic acid groups (broad SMARTS) is 1. The number of benzene rings is 3. The molecule has 11 heteroatoms. The minimum Gasteiger partial charge on any atom is -0.480 e. The number of nitrogens with one attached hydrogen (secondary N) is 1. The molecule has 2 atom stereocenters. The number of nitrogens with zero attached hydrogens (tertiary/aromatic N) is 1. The Kier molecular flexibility index (Phi) is 8.26. The van der Waals surface area contributed by atoms with Crippen molar-refractivity contribution in [1.29, 1.82) is 5.41 Å². The first-order valence-electron chi connectivity index (χ1n) is 11.5. The molecule has 1 fully saturated rings. The van der Waals surface area contributed by atoms with E-state index in [4.69, 9.17) is 16.9 Å². The van der Waals surface area contributed by atoms with Crippen molar-refractivity contribution in [1.82, 2.24) is 4.90 Å². The topological polar surface area (TPSA) is 168 Å². The summed E-state index contributed by atoms with van der Waals surface area (Å²) in [5.41, 5.74) is 12.9. The predicted octanol–water partition coefficient (Wildman–Crippen LogP) is 2.68. The van der Waals surface area contributed by atoms with Crippen LogP contribution in [0.3, 0.4) is 0 Å². The molecule has 1 heterocycles. The van der Waals surface area contributed by atoms with Crippen LogP contribution >= 0.6 is 12.4 Å². The van der Waals surface area contributed by atoms with Gasteiger partial charge in [-0.25, -0.2) is 13.2 Å². The number of hydrogen-bond donors (Lipinski definition) is 4. The van der Waals surface area contributed by atoms with Gasteiger partial charge in [0.2, 0.25) is 14.7 Å². The Labute approximate surface area is 221 Å². The normalized spacial score (nSPS) is 17.4. The number of carbonyl (C=O) groups excluding carboxylic acids is 1. The lowest BCUT2D eigenvalue weighted by molar-refractivity contribution is -0.153. The van der Waals surface area contributed by atoms with E-state index in [-0.39, 0.29) is 36.1 Å². The number of carboxylic acids is 1. The fourth-order valence-electron chi connectivity index (χ4n) is 4.66. The molecule has 6 N–H and O–H groups in total. The zero-order valence-corrected chi connectivity index (χ0v) is 21.6. The van der Waals surface area contributed by atoms with Crippen LogP contribution in [0.15, 0.2) is 71.6 Å². The second-order valence-corrected chi connectivity index (χ2v) is 11.2. The summed E-state index contributed by atoms with van der Waals surface area (Å²) < 4.78 is 28.2. The zero-order valence-electron chi connectivity index (χ0n) is 20.0. The van der Waals surface area contributed by atoms with Gasteiger partial charge in [-0.2, -0.15) is 0 Å². The van der Waals surface area contributed by atoms with Crippen molar-refractivity contribution >= 4 is 50.7 Å². The number of likely N-dealkylation sites (tertiary alicyclic amines) is 1. The third-order valence-electron chi connectivity index (χ3n) is 6.63. The van der Waals surface area contributed by atoms with Crippen LogP contribution in [0.5, 0.6) is 0 Å². The van der Waals surface area contributed by atoms with Crippen LogP contribution in [0.25, 0.3) is 10.8 Å². The molecule has 1 amide bonds. The largest absolute Gasteiger partial charge is 0.480 e. The van der Waals surface area contributed by atoms with Crippen molar-refractivity contribution in [2.45, 2.75) is 41.5 Å². The second kappa shape index (κ2) is 10.9. The van der Waals surface area contributed by atoms with Crippen LogP contribution in [0, 0.1) is 5.41 Å². The minimum absolute atomic E-state index is 0. The van der Waals surface area contributed by atoms with Gasteiger partial charge in [-0.1, -0.05) is 48.5 Å². The van der Waals surface area contributed by atoms with Crippen LogP contribution in [0.4, 0.5) is 0 Å². The second-order valence-electron chi connectivity index (χ2n) is 9.04. The van der Waals surface area contributed by atoms with Crippen molar-refractivity contribution in [3.63, 3.8) is 0 Å². The molecule has 1 unspecified atom stereocenters. The number of aliphatic carboxylic acids is 1. The van der Waals surface area contributed by atoms with E-state index >= 15 is 0 Å². The number of halogens is 1. The summed E-state index contributed by atoms with van der Waals surface area (Å²) in [6.07, 6.45) is 0.940. The molecule has 1 aliphatic heterocycles. The molecule has 3 aromatic rings. The number of amidine groups is 1. The van der Waals surface area contributed by atoms with Crippen molar-refractivity contribution in [2.24, 2.45) is 11.5 Å². The number of carbonyl (C=O) groups is 2. The average molecular weight is 545 g/mol. The number of fused-ring (bicyclic) bond motifs is 1. The number of amides is 1. The quantitative estimate of drug-likeness (QED) is 0.262. The maximum Gasteiger partial charge on any atom is 0.326 e. The number of sulfone groups is 1. The molecular formula is C26H29ClN4O5S. The highest BCUT2D eigenvalue weighted by molar-refractivity contribution is 7.93. The summed E-state index contributed by atoms with van der Waals surface area (Å²) in [5.74, 6) is -2.38. The first-order valence-corrected chi connectivity index (χ1v) is 13.0. The van der Waals surface area contributed by atoms with Crippen molar-refractivity contribution < 1.29 is 23.1 Å². The summed E-state index contributed by atoms with van der Waals surface area (Å²) in [4.78, 5) is 24.3. The third-order valence-corrected chi connectivity index (χ3v) is 8.78. The smallest absolute Gasteiger partial charge is 0.326 e. The molecule has 0 radical (unpaired) electrons. The molecule has 9 nitrogen and oxygen atoms in total. The van der Waals surface area contributed by atoms with E-state index in [1.807, 2.05) is 12.1 Å². The minimum atomic E-state index is -4.51. The number of piperidine rings is 1. The maximum atomic E-state index is 14.1. The highest BCUT2D eigenvalue weighted by Crippen LogP contribution is 2.32. The molecule has 196 valence electrons. The fraction of sp³-hybridized carbons (Fsp3) is 0.269. The van der Waals surface area contributed by atoms with Crippen molar-refractivity contribution in [3.05, 3.63) is 77.9 Å². The van der Waals surface area contributed by atoms with Crippen LogP contribution in [0.2, 0.25) is 0 Å². The van der Waals surface area contributed by atoms with Crippen LogP contribution in [-0.2, 0) is 25.8 Å². The standard InChI is InChI=1S/C26H28N4O5S.ClH/c27-23(28)20-9-5-6-17(14-20)16-26(29,25(33)30-13-4-3-10-22(30)24(31)32)36(34,35)21-12-11-18-7-1-2-8-19(18)15-21;/h1-2,5-9,11-12,14-15,22H,3-4,10,13,16,29H2,(H3,27,28)(H,31,32);1H/t22?,26-;/m1./s1. The van der Waals surface area contributed by atoms with Gasteiger partial charge >= 0.3 is 5.97 Å². The molecule has 0 saturated carbocycles. The summed E-state index contributed by atoms with van der Waals surface area (Å²) in [6, 6.07) is 16.9. The van der Waals surface area contributed by atoms with E-state index in [1.54, 1.807) is 36.4 Å². The Balaban J connectivity index is 0.00000380. The molecule has 0 spiro atoms. The van der Waals surface area contributed by atoms with E-state index in [2.05, 4.69) is 0 Å². The Bertz CT molecular complexity index is 1460. The number of nitrogens with two attached hydrogens (primary N) is 2. The van der Waals surface area contributed by atoms with Gasteiger partial charge < -0.3 is 21.5 Å². The van der Waals surface area contributed by atoms with Crippen LogP contribution < -0.4 is 11.5 Å². The first-order chi connectivity index (χ1) is 17.0. The number of nitrogen functional groups attached to an aromatic ring is 1. The van der Waals surface area contributed by atoms with Gasteiger partial charge in [0.05, 0.1) is 4.90 Å². The molecule has 1 saturated heterocycles. The summed E-state index contributed by atoms with van der Waals surface area (Å²) in [7, 11) is -4.51. The Morgan fingerprint density at radius 3 is 2.41 bits per heavy atom. The predicted molar refractivity (Wildman–Crippen MR) is 143 cm³/mol. The molecule has 4 rings (SSSR count). The van der Waals surface area contributed by atoms with Crippen LogP contribution in [0.1, 0.15) is 30.4 Å². The molecule has 0 aromatic heterocycles. The van der Waals surface area contributed by atoms with E-state index in [9.17, 15) is 23.1 Å². The molecule has 37 heavy (non-hydrogen) atoms. The Morgan fingerprint density at radius 1 is 1.03 bits per heavy atom. The van der Waals surface area contributed by atoms with Crippen molar-refractivity contribution in [3.8, 4) is 0 Å². The van der Waals surface area contributed by atoms with E-state index < -0.39 is 39.0 Å². The van der Waals surface area contributed by atoms with Gasteiger partial charge in [0, 0.05) is 18.5 Å². The van der Waals surface area contributed by atoms with Gasteiger partial charge in [-0.15, -0.1) is 12.4 Å². The molecule has 1 aliphatic rings.